The lowest BCUT2D eigenvalue weighted by atomic mass is 9.90. The largest absolute Gasteiger partial charge is 0.513 e. The Hall–Kier alpha value is -2.88. The quantitative estimate of drug-likeness (QED) is 0.667. The normalized spacial score (nSPS) is 16.9. The topological polar surface area (TPSA) is 83.1 Å². The molecule has 0 aliphatic carbocycles. The number of benzene rings is 1. The van der Waals surface area contributed by atoms with Crippen molar-refractivity contribution in [2.24, 2.45) is 0 Å². The van der Waals surface area contributed by atoms with Gasteiger partial charge in [-0.2, -0.15) is 13.2 Å². The number of hydrogen-bond acceptors (Lipinski definition) is 7. The first-order valence-electron chi connectivity index (χ1n) is 8.13. The molecule has 0 saturated heterocycles. The fourth-order valence-corrected chi connectivity index (χ4v) is 2.86. The minimum absolute atomic E-state index is 0.00540. The number of halogens is 4. The van der Waals surface area contributed by atoms with Crippen molar-refractivity contribution in [3.8, 4) is 0 Å². The molecule has 11 heteroatoms. The molecule has 0 spiro atoms. The molecule has 0 aromatic heterocycles. The summed E-state index contributed by atoms with van der Waals surface area (Å²) < 4.78 is 55.8. The molecular formula is C18H17ClF3NO6. The molecule has 0 fully saturated rings. The molecule has 1 aliphatic heterocycles. The van der Waals surface area contributed by atoms with Gasteiger partial charge in [0.25, 0.3) is 0 Å². The zero-order valence-corrected chi connectivity index (χ0v) is 16.3. The summed E-state index contributed by atoms with van der Waals surface area (Å²) >= 11 is 6.25. The molecule has 0 radical (unpaired) electrons. The van der Waals surface area contributed by atoms with Crippen LogP contribution in [0.1, 0.15) is 25.3 Å². The molecule has 0 saturated carbocycles. The molecule has 1 N–H and O–H groups in total. The van der Waals surface area contributed by atoms with E-state index in [1.54, 1.807) is 31.2 Å². The van der Waals surface area contributed by atoms with Crippen molar-refractivity contribution in [1.82, 2.24) is 5.32 Å². The number of rotatable bonds is 4. The predicted octanol–water partition coefficient (Wildman–Crippen LogP) is 4.99. The summed E-state index contributed by atoms with van der Waals surface area (Å²) in [5.74, 6) is -1.17. The van der Waals surface area contributed by atoms with Gasteiger partial charge in [0.2, 0.25) is 0 Å². The maximum absolute atomic E-state index is 12.3. The molecule has 158 valence electrons. The summed E-state index contributed by atoms with van der Waals surface area (Å²) in [6, 6.07) is 6.44. The van der Waals surface area contributed by atoms with E-state index in [-0.39, 0.29) is 22.2 Å². The van der Waals surface area contributed by atoms with Crippen molar-refractivity contribution in [3.63, 3.8) is 0 Å². The third-order valence-corrected chi connectivity index (χ3v) is 4.11. The van der Waals surface area contributed by atoms with E-state index in [9.17, 15) is 22.8 Å². The molecule has 1 aromatic rings. The summed E-state index contributed by atoms with van der Waals surface area (Å²) in [4.78, 5) is 23.5. The molecule has 7 nitrogen and oxygen atoms in total. The Morgan fingerprint density at radius 2 is 1.62 bits per heavy atom. The molecule has 1 unspecified atom stereocenters. The van der Waals surface area contributed by atoms with E-state index < -0.39 is 31.0 Å². The fraction of sp³-hybridized carbons (Fsp3) is 0.333. The minimum atomic E-state index is -4.72. The van der Waals surface area contributed by atoms with Crippen LogP contribution in [-0.4, -0.2) is 32.2 Å². The lowest BCUT2D eigenvalue weighted by molar-refractivity contribution is -0.164. The second kappa shape index (κ2) is 9.08. The van der Waals surface area contributed by atoms with Crippen LogP contribution in [0, 0.1) is 0 Å². The van der Waals surface area contributed by atoms with Crippen molar-refractivity contribution < 1.29 is 41.7 Å². The van der Waals surface area contributed by atoms with E-state index >= 15 is 0 Å². The van der Waals surface area contributed by atoms with Crippen molar-refractivity contribution in [3.05, 3.63) is 57.8 Å². The summed E-state index contributed by atoms with van der Waals surface area (Å²) in [5.41, 5.74) is 1.05. The van der Waals surface area contributed by atoms with Crippen LogP contribution in [0.5, 0.6) is 0 Å². The highest BCUT2D eigenvalue weighted by Crippen LogP contribution is 2.42. The Morgan fingerprint density at radius 1 is 1.07 bits per heavy atom. The molecule has 1 atom stereocenters. The maximum atomic E-state index is 12.3. The number of dihydropyridines is 1. The average molecular weight is 436 g/mol. The van der Waals surface area contributed by atoms with Gasteiger partial charge in [0.1, 0.15) is 17.4 Å². The second-order valence-corrected chi connectivity index (χ2v) is 6.28. The SMILES string of the molecule is COC(=O)OC1=C(C)NC(C)=C(OC(=O)OCC(F)(F)F)C1c1ccccc1Cl. The molecule has 1 heterocycles. The molecule has 0 bridgehead atoms. The van der Waals surface area contributed by atoms with Gasteiger partial charge < -0.3 is 24.3 Å². The van der Waals surface area contributed by atoms with E-state index in [0.29, 0.717) is 11.3 Å². The molecular weight excluding hydrogens is 419 g/mol. The van der Waals surface area contributed by atoms with Crippen molar-refractivity contribution in [2.75, 3.05) is 13.7 Å². The number of ether oxygens (including phenoxy) is 4. The highest BCUT2D eigenvalue weighted by molar-refractivity contribution is 6.31. The highest BCUT2D eigenvalue weighted by Gasteiger charge is 2.37. The van der Waals surface area contributed by atoms with Crippen LogP contribution < -0.4 is 5.32 Å². The lowest BCUT2D eigenvalue weighted by Gasteiger charge is -2.30. The zero-order valence-electron chi connectivity index (χ0n) is 15.6. The van der Waals surface area contributed by atoms with Crippen molar-refractivity contribution in [1.29, 1.82) is 0 Å². The van der Waals surface area contributed by atoms with Gasteiger partial charge in [-0.3, -0.25) is 0 Å². The van der Waals surface area contributed by atoms with Crippen LogP contribution in [0.2, 0.25) is 5.02 Å². The Balaban J connectivity index is 2.43. The Morgan fingerprint density at radius 3 is 2.14 bits per heavy atom. The van der Waals surface area contributed by atoms with Gasteiger partial charge in [-0.05, 0) is 25.5 Å². The molecule has 0 amide bonds. The zero-order chi connectivity index (χ0) is 21.8. The first kappa shape index (κ1) is 22.4. The standard InChI is InChI=1S/C18H17ClF3NO6/c1-9-14(28-16(24)26-3)13(11-6-4-5-7-12(11)19)15(10(2)23-9)29-17(25)27-8-18(20,21)22/h4-7,13,23H,8H2,1-3H3. The molecule has 2 rings (SSSR count). The summed E-state index contributed by atoms with van der Waals surface area (Å²) in [7, 11) is 1.10. The van der Waals surface area contributed by atoms with E-state index in [4.69, 9.17) is 21.1 Å². The van der Waals surface area contributed by atoms with Crippen LogP contribution in [0.25, 0.3) is 0 Å². The lowest BCUT2D eigenvalue weighted by Crippen LogP contribution is -2.30. The van der Waals surface area contributed by atoms with Crippen molar-refractivity contribution >= 4 is 23.9 Å². The van der Waals surface area contributed by atoms with Gasteiger partial charge in [-0.15, -0.1) is 0 Å². The molecule has 1 aliphatic rings. The number of carbonyl (C=O) groups excluding carboxylic acids is 2. The predicted molar refractivity (Wildman–Crippen MR) is 94.7 cm³/mol. The Bertz CT molecular complexity index is 865. The first-order chi connectivity index (χ1) is 13.5. The van der Waals surface area contributed by atoms with Gasteiger partial charge in [0.05, 0.1) is 18.5 Å². The van der Waals surface area contributed by atoms with Crippen LogP contribution in [0.3, 0.4) is 0 Å². The van der Waals surface area contributed by atoms with Crippen LogP contribution in [0.4, 0.5) is 22.8 Å². The molecule has 1 aromatic carbocycles. The van der Waals surface area contributed by atoms with Crippen LogP contribution in [0.15, 0.2) is 47.2 Å². The molecule has 29 heavy (non-hydrogen) atoms. The Kier molecular flexibility index (Phi) is 7.02. The maximum Gasteiger partial charge on any atom is 0.513 e. The van der Waals surface area contributed by atoms with Gasteiger partial charge >= 0.3 is 18.5 Å². The summed E-state index contributed by atoms with van der Waals surface area (Å²) in [6.45, 7) is 1.29. The number of methoxy groups -OCH3 is 1. The van der Waals surface area contributed by atoms with Crippen LogP contribution >= 0.6 is 11.6 Å². The number of nitrogens with one attached hydrogen (secondary N) is 1. The van der Waals surface area contributed by atoms with E-state index in [1.807, 2.05) is 0 Å². The fourth-order valence-electron chi connectivity index (χ4n) is 2.61. The van der Waals surface area contributed by atoms with Gasteiger partial charge in [-0.25, -0.2) is 9.59 Å². The number of allylic oxidation sites excluding steroid dienone is 2. The third-order valence-electron chi connectivity index (χ3n) is 3.76. The van der Waals surface area contributed by atoms with Crippen molar-refractivity contribution in [2.45, 2.75) is 25.9 Å². The monoisotopic (exact) mass is 435 g/mol. The van der Waals surface area contributed by atoms with Gasteiger partial charge in [0, 0.05) is 5.02 Å². The minimum Gasteiger partial charge on any atom is -0.437 e. The van der Waals surface area contributed by atoms with E-state index in [1.165, 1.54) is 6.92 Å². The second-order valence-electron chi connectivity index (χ2n) is 5.87. The number of hydrogen-bond donors (Lipinski definition) is 1. The van der Waals surface area contributed by atoms with E-state index in [2.05, 4.69) is 14.8 Å². The first-order valence-corrected chi connectivity index (χ1v) is 8.51. The third kappa shape index (κ3) is 5.80. The summed E-state index contributed by atoms with van der Waals surface area (Å²) in [5, 5.41) is 3.08. The smallest absolute Gasteiger partial charge is 0.437 e. The average Bonchev–Trinajstić information content (AvgIpc) is 2.64. The summed E-state index contributed by atoms with van der Waals surface area (Å²) in [6.07, 6.45) is -7.34. The van der Waals surface area contributed by atoms with Gasteiger partial charge in [-0.1, -0.05) is 29.8 Å². The number of carbonyl (C=O) groups is 2. The highest BCUT2D eigenvalue weighted by atomic mass is 35.5. The van der Waals surface area contributed by atoms with Gasteiger partial charge in [0.15, 0.2) is 6.61 Å². The Labute approximate surface area is 169 Å². The number of alkyl halides is 3. The van der Waals surface area contributed by atoms with E-state index in [0.717, 1.165) is 7.11 Å². The van der Waals surface area contributed by atoms with Crippen LogP contribution in [-0.2, 0) is 18.9 Å².